The highest BCUT2D eigenvalue weighted by molar-refractivity contribution is 5.81. The molecule has 2 amide bonds. The lowest BCUT2D eigenvalue weighted by molar-refractivity contribution is -0.129. The predicted octanol–water partition coefficient (Wildman–Crippen LogP) is 1.33. The largest absolute Gasteiger partial charge is 0.339 e. The molecule has 0 bridgehead atoms. The van der Waals surface area contributed by atoms with Crippen molar-refractivity contribution in [1.82, 2.24) is 30.8 Å². The topological polar surface area (TPSA) is 115 Å². The van der Waals surface area contributed by atoms with Gasteiger partial charge in [-0.15, -0.1) is 0 Å². The molecule has 9 nitrogen and oxygen atoms in total. The van der Waals surface area contributed by atoms with Crippen LogP contribution < -0.4 is 10.9 Å². The third kappa shape index (κ3) is 5.00. The normalized spacial score (nSPS) is 10.6. The molecule has 0 saturated carbocycles. The molecule has 0 aliphatic heterocycles. The standard InChI is InChI=1S/C18H20N6O3/c1-12-10-13(2)24(22-12)11-16(26)21-20-15(25)8-9-17-19-18(23-27-17)14-6-4-3-5-7-14/h3-7,10H,8-9,11H2,1-2H3,(H,20,25)(H,21,26). The zero-order valence-electron chi connectivity index (χ0n) is 15.1. The van der Waals surface area contributed by atoms with Crippen LogP contribution in [0.5, 0.6) is 0 Å². The minimum absolute atomic E-state index is 0.0318. The third-order valence-electron chi connectivity index (χ3n) is 3.80. The van der Waals surface area contributed by atoms with Crippen LogP contribution in [0.3, 0.4) is 0 Å². The number of hydrogen-bond acceptors (Lipinski definition) is 6. The van der Waals surface area contributed by atoms with Gasteiger partial charge in [0.25, 0.3) is 5.91 Å². The average molecular weight is 368 g/mol. The number of nitrogens with one attached hydrogen (secondary N) is 2. The fourth-order valence-electron chi connectivity index (χ4n) is 2.49. The van der Waals surface area contributed by atoms with Crippen LogP contribution in [0, 0.1) is 13.8 Å². The molecule has 2 heterocycles. The van der Waals surface area contributed by atoms with Crippen molar-refractivity contribution < 1.29 is 14.1 Å². The van der Waals surface area contributed by atoms with Gasteiger partial charge < -0.3 is 4.52 Å². The monoisotopic (exact) mass is 368 g/mol. The molecular formula is C18H20N6O3. The lowest BCUT2D eigenvalue weighted by Gasteiger charge is -2.07. The van der Waals surface area contributed by atoms with Crippen LogP contribution in [0.15, 0.2) is 40.9 Å². The highest BCUT2D eigenvalue weighted by Gasteiger charge is 2.12. The van der Waals surface area contributed by atoms with E-state index < -0.39 is 0 Å². The Balaban J connectivity index is 1.43. The number of hydrogen-bond donors (Lipinski definition) is 2. The first-order valence-corrected chi connectivity index (χ1v) is 8.48. The van der Waals surface area contributed by atoms with E-state index in [0.29, 0.717) is 11.7 Å². The predicted molar refractivity (Wildman–Crippen MR) is 96.0 cm³/mol. The molecule has 0 atom stereocenters. The molecule has 3 aromatic rings. The maximum atomic E-state index is 11.9. The lowest BCUT2D eigenvalue weighted by Crippen LogP contribution is -2.43. The zero-order valence-corrected chi connectivity index (χ0v) is 15.1. The number of aromatic nitrogens is 4. The van der Waals surface area contributed by atoms with E-state index in [9.17, 15) is 9.59 Å². The minimum atomic E-state index is -0.362. The van der Waals surface area contributed by atoms with Crippen molar-refractivity contribution in [3.63, 3.8) is 0 Å². The second-order valence-electron chi connectivity index (χ2n) is 6.06. The number of amides is 2. The smallest absolute Gasteiger partial charge is 0.260 e. The maximum absolute atomic E-state index is 11.9. The fraction of sp³-hybridized carbons (Fsp3) is 0.278. The second-order valence-corrected chi connectivity index (χ2v) is 6.06. The van der Waals surface area contributed by atoms with Crippen molar-refractivity contribution in [3.8, 4) is 11.4 Å². The van der Waals surface area contributed by atoms with Gasteiger partial charge in [-0.2, -0.15) is 10.1 Å². The number of benzene rings is 1. The summed E-state index contributed by atoms with van der Waals surface area (Å²) in [6, 6.07) is 11.3. The quantitative estimate of drug-likeness (QED) is 0.634. The Kier molecular flexibility index (Phi) is 5.60. The van der Waals surface area contributed by atoms with Crippen LogP contribution in [0.25, 0.3) is 11.4 Å². The Hall–Kier alpha value is -3.49. The van der Waals surface area contributed by atoms with Crippen molar-refractivity contribution in [2.24, 2.45) is 0 Å². The molecule has 9 heteroatoms. The summed E-state index contributed by atoms with van der Waals surface area (Å²) in [7, 11) is 0. The molecule has 140 valence electrons. The summed E-state index contributed by atoms with van der Waals surface area (Å²) in [5, 5.41) is 8.09. The van der Waals surface area contributed by atoms with Gasteiger partial charge in [0.05, 0.1) is 5.69 Å². The van der Waals surface area contributed by atoms with Crippen molar-refractivity contribution >= 4 is 11.8 Å². The van der Waals surface area contributed by atoms with Crippen molar-refractivity contribution in [2.45, 2.75) is 33.2 Å². The SMILES string of the molecule is Cc1cc(C)n(CC(=O)NNC(=O)CCc2nc(-c3ccccc3)no2)n1. The van der Waals surface area contributed by atoms with E-state index in [-0.39, 0.29) is 31.2 Å². The average Bonchev–Trinajstić information content (AvgIpc) is 3.25. The van der Waals surface area contributed by atoms with E-state index in [1.165, 1.54) is 0 Å². The Morgan fingerprint density at radius 2 is 1.85 bits per heavy atom. The van der Waals surface area contributed by atoms with Crippen LogP contribution in [0.1, 0.15) is 23.7 Å². The second kappa shape index (κ2) is 8.26. The molecule has 0 unspecified atom stereocenters. The van der Waals surface area contributed by atoms with Gasteiger partial charge in [-0.25, -0.2) is 0 Å². The summed E-state index contributed by atoms with van der Waals surface area (Å²) < 4.78 is 6.72. The van der Waals surface area contributed by atoms with E-state index in [0.717, 1.165) is 17.0 Å². The fourth-order valence-corrected chi connectivity index (χ4v) is 2.49. The molecule has 2 aromatic heterocycles. The number of hydrazine groups is 1. The summed E-state index contributed by atoms with van der Waals surface area (Å²) >= 11 is 0. The summed E-state index contributed by atoms with van der Waals surface area (Å²) in [4.78, 5) is 28.0. The number of aryl methyl sites for hydroxylation is 3. The third-order valence-corrected chi connectivity index (χ3v) is 3.80. The summed E-state index contributed by atoms with van der Waals surface area (Å²) in [6.07, 6.45) is 0.385. The first-order valence-electron chi connectivity index (χ1n) is 8.48. The maximum Gasteiger partial charge on any atom is 0.260 e. The van der Waals surface area contributed by atoms with Gasteiger partial charge >= 0.3 is 0 Å². The Morgan fingerprint density at radius 3 is 2.56 bits per heavy atom. The van der Waals surface area contributed by atoms with Gasteiger partial charge in [0.2, 0.25) is 17.6 Å². The van der Waals surface area contributed by atoms with Crippen molar-refractivity contribution in [3.05, 3.63) is 53.7 Å². The molecule has 0 radical (unpaired) electrons. The van der Waals surface area contributed by atoms with Gasteiger partial charge in [0, 0.05) is 24.1 Å². The van der Waals surface area contributed by atoms with E-state index in [4.69, 9.17) is 4.52 Å². The van der Waals surface area contributed by atoms with E-state index in [2.05, 4.69) is 26.1 Å². The Morgan fingerprint density at radius 1 is 1.11 bits per heavy atom. The summed E-state index contributed by atoms with van der Waals surface area (Å²) in [5.41, 5.74) is 7.28. The zero-order chi connectivity index (χ0) is 19.2. The molecule has 1 aromatic carbocycles. The molecule has 27 heavy (non-hydrogen) atoms. The van der Waals surface area contributed by atoms with Crippen LogP contribution in [0.4, 0.5) is 0 Å². The molecule has 0 saturated heterocycles. The van der Waals surface area contributed by atoms with Crippen LogP contribution in [-0.4, -0.2) is 31.7 Å². The molecule has 0 aliphatic carbocycles. The highest BCUT2D eigenvalue weighted by atomic mass is 16.5. The highest BCUT2D eigenvalue weighted by Crippen LogP contribution is 2.15. The van der Waals surface area contributed by atoms with Crippen LogP contribution in [-0.2, 0) is 22.6 Å². The molecule has 0 aliphatic rings. The van der Waals surface area contributed by atoms with Crippen molar-refractivity contribution in [1.29, 1.82) is 0 Å². The molecule has 3 rings (SSSR count). The Bertz CT molecular complexity index is 932. The number of nitrogens with zero attached hydrogens (tertiary/aromatic N) is 4. The number of carbonyl (C=O) groups excluding carboxylic acids is 2. The summed E-state index contributed by atoms with van der Waals surface area (Å²) in [5.74, 6) is 0.122. The first kappa shape index (κ1) is 18.3. The molecule has 0 fully saturated rings. The number of carbonyl (C=O) groups is 2. The van der Waals surface area contributed by atoms with Gasteiger partial charge in [-0.3, -0.25) is 25.1 Å². The van der Waals surface area contributed by atoms with Crippen LogP contribution >= 0.6 is 0 Å². The van der Waals surface area contributed by atoms with Gasteiger partial charge in [0.15, 0.2) is 0 Å². The summed E-state index contributed by atoms with van der Waals surface area (Å²) in [6.45, 7) is 3.74. The minimum Gasteiger partial charge on any atom is -0.339 e. The van der Waals surface area contributed by atoms with E-state index >= 15 is 0 Å². The Labute approximate surface area is 155 Å². The van der Waals surface area contributed by atoms with Crippen LogP contribution in [0.2, 0.25) is 0 Å². The first-order chi connectivity index (χ1) is 13.0. The van der Waals surface area contributed by atoms with Gasteiger partial charge in [-0.05, 0) is 19.9 Å². The molecular weight excluding hydrogens is 348 g/mol. The molecule has 2 N–H and O–H groups in total. The molecule has 0 spiro atoms. The lowest BCUT2D eigenvalue weighted by atomic mass is 10.2. The van der Waals surface area contributed by atoms with Crippen molar-refractivity contribution in [2.75, 3.05) is 0 Å². The van der Waals surface area contributed by atoms with E-state index in [1.54, 1.807) is 4.68 Å². The number of rotatable bonds is 6. The van der Waals surface area contributed by atoms with Gasteiger partial charge in [-0.1, -0.05) is 35.5 Å². The van der Waals surface area contributed by atoms with E-state index in [1.807, 2.05) is 50.2 Å². The van der Waals surface area contributed by atoms with Gasteiger partial charge in [0.1, 0.15) is 6.54 Å².